The van der Waals surface area contributed by atoms with Crippen LogP contribution in [-0.2, 0) is 14.3 Å². The van der Waals surface area contributed by atoms with E-state index < -0.39 is 0 Å². The van der Waals surface area contributed by atoms with Crippen molar-refractivity contribution in [3.8, 4) is 5.75 Å². The van der Waals surface area contributed by atoms with Gasteiger partial charge in [0.05, 0.1) is 11.5 Å². The third-order valence-corrected chi connectivity index (χ3v) is 4.97. The van der Waals surface area contributed by atoms with Gasteiger partial charge in [0.2, 0.25) is 0 Å². The van der Waals surface area contributed by atoms with Gasteiger partial charge in [0.1, 0.15) is 30.1 Å². The van der Waals surface area contributed by atoms with E-state index >= 15 is 0 Å². The molecule has 2 fully saturated rings. The van der Waals surface area contributed by atoms with Crippen LogP contribution in [0.15, 0.2) is 39.5 Å². The van der Waals surface area contributed by atoms with Crippen molar-refractivity contribution in [3.05, 3.63) is 40.8 Å². The molecule has 2 aromatic rings. The molecule has 132 valence electrons. The number of ether oxygens (including phenoxy) is 3. The van der Waals surface area contributed by atoms with E-state index in [4.69, 9.17) is 18.6 Å². The van der Waals surface area contributed by atoms with Gasteiger partial charge in [-0.15, -0.1) is 0 Å². The Morgan fingerprint density at radius 3 is 2.80 bits per heavy atom. The van der Waals surface area contributed by atoms with E-state index in [2.05, 4.69) is 0 Å². The first-order valence-electron chi connectivity index (χ1n) is 8.48. The minimum atomic E-state index is -0.386. The van der Waals surface area contributed by atoms with Gasteiger partial charge < -0.3 is 18.6 Å². The summed E-state index contributed by atoms with van der Waals surface area (Å²) in [6.45, 7) is 4.30. The number of cyclic esters (lactones) is 1. The average molecular weight is 344 g/mol. The molecule has 2 aliphatic rings. The minimum absolute atomic E-state index is 0.0331. The number of esters is 1. The van der Waals surface area contributed by atoms with Gasteiger partial charge in [-0.3, -0.25) is 4.79 Å². The maximum Gasteiger partial charge on any atom is 0.336 e. The van der Waals surface area contributed by atoms with Crippen molar-refractivity contribution in [2.45, 2.75) is 44.5 Å². The molecule has 0 aliphatic carbocycles. The molecule has 0 spiro atoms. The maximum atomic E-state index is 11.5. The number of benzene rings is 1. The second-order valence-corrected chi connectivity index (χ2v) is 7.08. The van der Waals surface area contributed by atoms with Crippen LogP contribution in [0, 0.1) is 5.92 Å². The average Bonchev–Trinajstić information content (AvgIpc) is 3.10. The van der Waals surface area contributed by atoms with Crippen molar-refractivity contribution in [1.29, 1.82) is 0 Å². The molecule has 6 nitrogen and oxygen atoms in total. The first kappa shape index (κ1) is 16.1. The van der Waals surface area contributed by atoms with Crippen LogP contribution in [0.3, 0.4) is 0 Å². The Morgan fingerprint density at radius 1 is 1.24 bits per heavy atom. The highest BCUT2D eigenvalue weighted by atomic mass is 16.6. The van der Waals surface area contributed by atoms with E-state index in [0.717, 1.165) is 11.8 Å². The summed E-state index contributed by atoms with van der Waals surface area (Å²) in [7, 11) is 0. The molecule has 25 heavy (non-hydrogen) atoms. The highest BCUT2D eigenvalue weighted by Crippen LogP contribution is 2.43. The first-order valence-corrected chi connectivity index (χ1v) is 8.48. The number of carbonyl (C=O) groups excluding carboxylic acids is 1. The van der Waals surface area contributed by atoms with Crippen LogP contribution >= 0.6 is 0 Å². The Bertz CT molecular complexity index is 872. The molecule has 6 heteroatoms. The molecule has 0 amide bonds. The molecule has 0 N–H and O–H groups in total. The zero-order valence-electron chi connectivity index (χ0n) is 14.2. The molecular weight excluding hydrogens is 324 g/mol. The molecule has 4 atom stereocenters. The summed E-state index contributed by atoms with van der Waals surface area (Å²) >= 11 is 0. The fraction of sp³-hybridized carbons (Fsp3) is 0.474. The maximum absolute atomic E-state index is 11.5. The lowest BCUT2D eigenvalue weighted by atomic mass is 9.96. The molecule has 0 radical (unpaired) electrons. The second kappa shape index (κ2) is 5.88. The van der Waals surface area contributed by atoms with Crippen LogP contribution < -0.4 is 10.4 Å². The molecular formula is C19H20O6. The van der Waals surface area contributed by atoms with Crippen molar-refractivity contribution in [2.75, 3.05) is 6.61 Å². The number of epoxide rings is 1. The van der Waals surface area contributed by atoms with Gasteiger partial charge in [0.25, 0.3) is 0 Å². The fourth-order valence-corrected chi connectivity index (χ4v) is 3.38. The van der Waals surface area contributed by atoms with Crippen LogP contribution in [0.5, 0.6) is 5.75 Å². The molecule has 3 heterocycles. The number of carbonyl (C=O) groups is 1. The zero-order chi connectivity index (χ0) is 17.6. The predicted octanol–water partition coefficient (Wildman–Crippen LogP) is 2.67. The van der Waals surface area contributed by atoms with Gasteiger partial charge >= 0.3 is 11.6 Å². The third-order valence-electron chi connectivity index (χ3n) is 4.97. The van der Waals surface area contributed by atoms with E-state index in [0.29, 0.717) is 24.4 Å². The van der Waals surface area contributed by atoms with Gasteiger partial charge in [-0.05, 0) is 31.5 Å². The zero-order valence-corrected chi connectivity index (χ0v) is 14.2. The van der Waals surface area contributed by atoms with Crippen LogP contribution in [0.1, 0.15) is 26.7 Å². The Balaban J connectivity index is 1.35. The Kier molecular flexibility index (Phi) is 3.80. The molecule has 0 unspecified atom stereocenters. The Morgan fingerprint density at radius 2 is 2.04 bits per heavy atom. The summed E-state index contributed by atoms with van der Waals surface area (Å²) in [5, 5.41) is 0.844. The van der Waals surface area contributed by atoms with Crippen molar-refractivity contribution < 1.29 is 23.4 Å². The molecule has 4 rings (SSSR count). The topological polar surface area (TPSA) is 78.3 Å². The molecule has 2 saturated heterocycles. The smallest absolute Gasteiger partial charge is 0.336 e. The molecule has 0 saturated carbocycles. The van der Waals surface area contributed by atoms with Gasteiger partial charge in [0, 0.05) is 23.9 Å². The van der Waals surface area contributed by atoms with Crippen molar-refractivity contribution in [2.24, 2.45) is 5.92 Å². The minimum Gasteiger partial charge on any atom is -0.491 e. The normalized spacial score (nSPS) is 31.1. The lowest BCUT2D eigenvalue weighted by Crippen LogP contribution is -2.22. The molecule has 2 aliphatic heterocycles. The largest absolute Gasteiger partial charge is 0.491 e. The monoisotopic (exact) mass is 344 g/mol. The summed E-state index contributed by atoms with van der Waals surface area (Å²) in [4.78, 5) is 22.8. The standard InChI is InChI=1S/C19H20O6/c1-11-7-14(23-18(11)21)9-19(2)16(25-19)10-22-13-5-3-12-4-6-17(20)24-15(12)8-13/h3-6,8,11,14,16H,7,9-10H2,1-2H3/t11-,14+,16+,19+/m1/s1. The number of fused-ring (bicyclic) bond motifs is 1. The van der Waals surface area contributed by atoms with Gasteiger partial charge in [-0.2, -0.15) is 0 Å². The van der Waals surface area contributed by atoms with E-state index in [-0.39, 0.29) is 35.3 Å². The van der Waals surface area contributed by atoms with Crippen molar-refractivity contribution in [1.82, 2.24) is 0 Å². The molecule has 0 bridgehead atoms. The van der Waals surface area contributed by atoms with E-state index in [1.54, 1.807) is 12.1 Å². The first-order chi connectivity index (χ1) is 11.9. The van der Waals surface area contributed by atoms with Crippen LogP contribution in [0.2, 0.25) is 0 Å². The van der Waals surface area contributed by atoms with Gasteiger partial charge in [-0.1, -0.05) is 6.92 Å². The summed E-state index contributed by atoms with van der Waals surface area (Å²) in [5.74, 6) is 0.467. The van der Waals surface area contributed by atoms with Gasteiger partial charge in [-0.25, -0.2) is 4.79 Å². The molecule has 1 aromatic heterocycles. The number of hydrogen-bond acceptors (Lipinski definition) is 6. The highest BCUT2D eigenvalue weighted by molar-refractivity contribution is 5.77. The Hall–Kier alpha value is -2.34. The summed E-state index contributed by atoms with van der Waals surface area (Å²) in [6, 6.07) is 8.50. The quantitative estimate of drug-likeness (QED) is 0.471. The lowest BCUT2D eigenvalue weighted by Gasteiger charge is -2.13. The van der Waals surface area contributed by atoms with E-state index in [1.165, 1.54) is 6.07 Å². The lowest BCUT2D eigenvalue weighted by molar-refractivity contribution is -0.144. The van der Waals surface area contributed by atoms with Crippen LogP contribution in [-0.4, -0.2) is 30.4 Å². The van der Waals surface area contributed by atoms with Crippen molar-refractivity contribution >= 4 is 16.9 Å². The van der Waals surface area contributed by atoms with Crippen LogP contribution in [0.25, 0.3) is 11.0 Å². The number of hydrogen-bond donors (Lipinski definition) is 0. The summed E-state index contributed by atoms with van der Waals surface area (Å²) < 4.78 is 22.1. The van der Waals surface area contributed by atoms with E-state index in [9.17, 15) is 9.59 Å². The second-order valence-electron chi connectivity index (χ2n) is 7.08. The SMILES string of the molecule is C[C@@H]1C[C@@H](C[C@]2(C)O[C@H]2COc2ccc3ccc(=O)oc3c2)OC1=O. The van der Waals surface area contributed by atoms with Crippen molar-refractivity contribution in [3.63, 3.8) is 0 Å². The fourth-order valence-electron chi connectivity index (χ4n) is 3.38. The van der Waals surface area contributed by atoms with E-state index in [1.807, 2.05) is 26.0 Å². The molecule has 1 aromatic carbocycles. The summed E-state index contributed by atoms with van der Waals surface area (Å²) in [6.07, 6.45) is 1.31. The Labute approximate surface area is 144 Å². The number of rotatable bonds is 5. The highest BCUT2D eigenvalue weighted by Gasteiger charge is 2.55. The summed E-state index contributed by atoms with van der Waals surface area (Å²) in [5.41, 5.74) is -0.210. The van der Waals surface area contributed by atoms with Crippen LogP contribution in [0.4, 0.5) is 0 Å². The van der Waals surface area contributed by atoms with Gasteiger partial charge in [0.15, 0.2) is 0 Å². The third kappa shape index (κ3) is 3.26. The predicted molar refractivity (Wildman–Crippen MR) is 89.5 cm³/mol.